The summed E-state index contributed by atoms with van der Waals surface area (Å²) in [4.78, 5) is 12.7. The second-order valence-electron chi connectivity index (χ2n) is 9.93. The third kappa shape index (κ3) is 3.27. The molecule has 0 radical (unpaired) electrons. The Labute approximate surface area is 177 Å². The van der Waals surface area contributed by atoms with Gasteiger partial charge in [0, 0.05) is 25.0 Å². The molecule has 1 aromatic carbocycles. The van der Waals surface area contributed by atoms with Gasteiger partial charge in [-0.1, -0.05) is 20.8 Å². The van der Waals surface area contributed by atoms with Crippen molar-refractivity contribution < 1.29 is 22.0 Å². The number of hydrogen-bond acceptors (Lipinski definition) is 3. The van der Waals surface area contributed by atoms with Gasteiger partial charge in [0.2, 0.25) is 15.9 Å². The van der Waals surface area contributed by atoms with E-state index in [1.807, 2.05) is 0 Å². The predicted molar refractivity (Wildman–Crippen MR) is 109 cm³/mol. The predicted octanol–water partition coefficient (Wildman–Crippen LogP) is 3.70. The Morgan fingerprint density at radius 2 is 1.77 bits per heavy atom. The number of sulfonamides is 1. The van der Waals surface area contributed by atoms with Crippen molar-refractivity contribution in [1.29, 1.82) is 0 Å². The molecule has 3 aliphatic rings. The first-order chi connectivity index (χ1) is 14.0. The van der Waals surface area contributed by atoms with Crippen molar-refractivity contribution in [2.75, 3.05) is 13.1 Å². The molecular weight excluding hydrogens is 410 g/mol. The highest BCUT2D eigenvalue weighted by Gasteiger charge is 2.61. The number of benzene rings is 1. The van der Waals surface area contributed by atoms with Gasteiger partial charge in [0.15, 0.2) is 11.6 Å². The minimum absolute atomic E-state index is 0.00875. The monoisotopic (exact) mass is 440 g/mol. The van der Waals surface area contributed by atoms with Crippen molar-refractivity contribution in [3.8, 4) is 0 Å². The third-order valence-corrected chi connectivity index (χ3v) is 10.4. The molecule has 0 aromatic heterocycles. The lowest BCUT2D eigenvalue weighted by Crippen LogP contribution is -2.50. The molecule has 1 aromatic rings. The van der Waals surface area contributed by atoms with Crippen LogP contribution >= 0.6 is 0 Å². The molecule has 1 heterocycles. The second-order valence-corrected chi connectivity index (χ2v) is 11.9. The van der Waals surface area contributed by atoms with Gasteiger partial charge >= 0.3 is 0 Å². The van der Waals surface area contributed by atoms with E-state index in [9.17, 15) is 22.0 Å². The number of amides is 1. The van der Waals surface area contributed by atoms with Crippen LogP contribution in [-0.4, -0.2) is 37.8 Å². The number of carbonyl (C=O) groups excluding carboxylic acids is 1. The number of hydrogen-bond donors (Lipinski definition) is 1. The summed E-state index contributed by atoms with van der Waals surface area (Å²) in [5.41, 5.74) is 0.316. The Morgan fingerprint density at radius 1 is 1.10 bits per heavy atom. The van der Waals surface area contributed by atoms with E-state index in [0.29, 0.717) is 24.8 Å². The van der Waals surface area contributed by atoms with Gasteiger partial charge in [0.1, 0.15) is 0 Å². The molecular formula is C22H30F2N2O3S. The summed E-state index contributed by atoms with van der Waals surface area (Å²) in [6.45, 7) is 7.27. The number of nitrogens with zero attached hydrogens (tertiary/aromatic N) is 1. The van der Waals surface area contributed by atoms with Crippen molar-refractivity contribution in [1.82, 2.24) is 9.62 Å². The maximum absolute atomic E-state index is 13.5. The maximum Gasteiger partial charge on any atom is 0.243 e. The molecule has 2 saturated carbocycles. The number of rotatable bonds is 4. The molecule has 0 unspecified atom stereocenters. The number of nitrogens with one attached hydrogen (secondary N) is 1. The van der Waals surface area contributed by atoms with Crippen molar-refractivity contribution in [2.24, 2.45) is 22.7 Å². The molecule has 3 atom stereocenters. The van der Waals surface area contributed by atoms with Crippen LogP contribution in [0.4, 0.5) is 8.78 Å². The summed E-state index contributed by atoms with van der Waals surface area (Å²) in [5.74, 6) is -1.85. The summed E-state index contributed by atoms with van der Waals surface area (Å²) < 4.78 is 53.4. The van der Waals surface area contributed by atoms with Crippen LogP contribution in [0.3, 0.4) is 0 Å². The fourth-order valence-electron chi connectivity index (χ4n) is 5.86. The SMILES string of the molecule is CC1(C)[C@H]2CC[C@@]1(C)[C@@H](NC(=O)C1CCN(S(=O)(=O)c3ccc(F)c(F)c3)CC1)C2. The number of fused-ring (bicyclic) bond motifs is 2. The minimum atomic E-state index is -3.91. The zero-order valence-corrected chi connectivity index (χ0v) is 18.6. The normalized spacial score (nSPS) is 31.8. The van der Waals surface area contributed by atoms with Crippen LogP contribution < -0.4 is 5.32 Å². The molecule has 2 bridgehead atoms. The van der Waals surface area contributed by atoms with Crippen LogP contribution in [0.2, 0.25) is 0 Å². The summed E-state index contributed by atoms with van der Waals surface area (Å²) >= 11 is 0. The lowest BCUT2D eigenvalue weighted by atomic mass is 9.69. The van der Waals surface area contributed by atoms with Crippen LogP contribution in [0.5, 0.6) is 0 Å². The second kappa shape index (κ2) is 7.26. The van der Waals surface area contributed by atoms with E-state index in [1.54, 1.807) is 0 Å². The molecule has 4 rings (SSSR count). The van der Waals surface area contributed by atoms with Crippen LogP contribution in [0.1, 0.15) is 52.9 Å². The van der Waals surface area contributed by atoms with Gasteiger partial charge < -0.3 is 5.32 Å². The van der Waals surface area contributed by atoms with E-state index >= 15 is 0 Å². The van der Waals surface area contributed by atoms with E-state index < -0.39 is 21.7 Å². The number of piperidine rings is 1. The first-order valence-electron chi connectivity index (χ1n) is 10.7. The average molecular weight is 441 g/mol. The van der Waals surface area contributed by atoms with Gasteiger partial charge in [-0.15, -0.1) is 0 Å². The summed E-state index contributed by atoms with van der Waals surface area (Å²) in [5, 5.41) is 3.28. The highest BCUT2D eigenvalue weighted by molar-refractivity contribution is 7.89. The highest BCUT2D eigenvalue weighted by atomic mass is 32.2. The molecule has 0 spiro atoms. The summed E-state index contributed by atoms with van der Waals surface area (Å²) in [6.07, 6.45) is 4.20. The van der Waals surface area contributed by atoms with Gasteiger partial charge in [0.25, 0.3) is 0 Å². The van der Waals surface area contributed by atoms with Gasteiger partial charge in [0.05, 0.1) is 4.90 Å². The molecule has 8 heteroatoms. The zero-order valence-electron chi connectivity index (χ0n) is 17.7. The minimum Gasteiger partial charge on any atom is -0.353 e. The van der Waals surface area contributed by atoms with Crippen molar-refractivity contribution in [3.05, 3.63) is 29.8 Å². The molecule has 1 saturated heterocycles. The smallest absolute Gasteiger partial charge is 0.243 e. The molecule has 3 fully saturated rings. The largest absolute Gasteiger partial charge is 0.353 e. The quantitative estimate of drug-likeness (QED) is 0.777. The average Bonchev–Trinajstić information content (AvgIpc) is 3.03. The standard InChI is InChI=1S/C22H30F2N2O3S/c1-21(2)15-6-9-22(21,3)19(12-15)25-20(27)14-7-10-26(11-8-14)30(28,29)16-4-5-17(23)18(24)13-16/h4-5,13-15,19H,6-12H2,1-3H3,(H,25,27)/t15-,19-,22-/m0/s1. The number of carbonyl (C=O) groups is 1. The lowest BCUT2D eigenvalue weighted by molar-refractivity contribution is -0.127. The van der Waals surface area contributed by atoms with Crippen LogP contribution in [0.25, 0.3) is 0 Å². The molecule has 1 aliphatic heterocycles. The van der Waals surface area contributed by atoms with Crippen LogP contribution in [0.15, 0.2) is 23.1 Å². The van der Waals surface area contributed by atoms with E-state index in [1.165, 1.54) is 10.7 Å². The van der Waals surface area contributed by atoms with E-state index in [0.717, 1.165) is 25.0 Å². The van der Waals surface area contributed by atoms with Crippen LogP contribution in [-0.2, 0) is 14.8 Å². The van der Waals surface area contributed by atoms with Crippen molar-refractivity contribution >= 4 is 15.9 Å². The van der Waals surface area contributed by atoms with E-state index in [4.69, 9.17) is 0 Å². The molecule has 2 aliphatic carbocycles. The Hall–Kier alpha value is -1.54. The molecule has 5 nitrogen and oxygen atoms in total. The highest BCUT2D eigenvalue weighted by Crippen LogP contribution is 2.65. The van der Waals surface area contributed by atoms with Gasteiger partial charge in [-0.25, -0.2) is 17.2 Å². The maximum atomic E-state index is 13.5. The molecule has 1 N–H and O–H groups in total. The zero-order chi connectivity index (χ0) is 21.9. The molecule has 166 valence electrons. The Balaban J connectivity index is 1.38. The van der Waals surface area contributed by atoms with Gasteiger partial charge in [-0.3, -0.25) is 4.79 Å². The Kier molecular flexibility index (Phi) is 5.25. The topological polar surface area (TPSA) is 66.5 Å². The number of halogens is 2. The van der Waals surface area contributed by atoms with Gasteiger partial charge in [-0.2, -0.15) is 4.31 Å². The van der Waals surface area contributed by atoms with E-state index in [-0.39, 0.29) is 46.7 Å². The van der Waals surface area contributed by atoms with Crippen molar-refractivity contribution in [2.45, 2.75) is 63.8 Å². The fourth-order valence-corrected chi connectivity index (χ4v) is 7.34. The summed E-state index contributed by atoms with van der Waals surface area (Å²) in [6, 6.07) is 2.77. The first-order valence-corrected chi connectivity index (χ1v) is 12.2. The molecule has 1 amide bonds. The van der Waals surface area contributed by atoms with Crippen LogP contribution in [0, 0.1) is 34.3 Å². The summed E-state index contributed by atoms with van der Waals surface area (Å²) in [7, 11) is -3.91. The Bertz CT molecular complexity index is 957. The third-order valence-electron chi connectivity index (χ3n) is 8.46. The fraction of sp³-hybridized carbons (Fsp3) is 0.682. The molecule has 30 heavy (non-hydrogen) atoms. The van der Waals surface area contributed by atoms with Gasteiger partial charge in [-0.05, 0) is 67.1 Å². The first kappa shape index (κ1) is 21.7. The lowest BCUT2D eigenvalue weighted by Gasteiger charge is -2.40. The van der Waals surface area contributed by atoms with E-state index in [2.05, 4.69) is 26.1 Å². The Morgan fingerprint density at radius 3 is 2.30 bits per heavy atom. The van der Waals surface area contributed by atoms with Crippen molar-refractivity contribution in [3.63, 3.8) is 0 Å².